The van der Waals surface area contributed by atoms with Crippen LogP contribution in [0, 0.1) is 0 Å². The maximum absolute atomic E-state index is 5.52. The summed E-state index contributed by atoms with van der Waals surface area (Å²) in [5.41, 5.74) is 1.30. The lowest BCUT2D eigenvalue weighted by Crippen LogP contribution is -2.62. The van der Waals surface area contributed by atoms with Gasteiger partial charge in [-0.25, -0.2) is 0 Å². The number of morpholine rings is 1. The molecule has 0 aliphatic carbocycles. The Balaban J connectivity index is 2.16. The Hall–Kier alpha value is -0.970. The molecule has 1 aliphatic rings. The van der Waals surface area contributed by atoms with Gasteiger partial charge in [0.05, 0.1) is 13.2 Å². The highest BCUT2D eigenvalue weighted by atomic mass is 16.5. The van der Waals surface area contributed by atoms with Crippen molar-refractivity contribution in [3.63, 3.8) is 0 Å². The van der Waals surface area contributed by atoms with Gasteiger partial charge in [-0.2, -0.15) is 0 Å². The van der Waals surface area contributed by atoms with Crippen molar-refractivity contribution < 1.29 is 4.74 Å². The number of nitrogens with zero attached hydrogens (tertiary/aromatic N) is 2. The summed E-state index contributed by atoms with van der Waals surface area (Å²) < 4.78 is 5.52. The summed E-state index contributed by atoms with van der Waals surface area (Å²) in [6.45, 7) is 11.6. The van der Waals surface area contributed by atoms with Gasteiger partial charge in [-0.05, 0) is 32.0 Å². The molecule has 0 saturated carbocycles. The number of hydrogen-bond acceptors (Lipinski definition) is 4. The second-order valence-corrected chi connectivity index (χ2v) is 5.95. The minimum Gasteiger partial charge on any atom is -0.379 e. The number of pyridine rings is 1. The molecule has 4 heteroatoms. The largest absolute Gasteiger partial charge is 0.379 e. The van der Waals surface area contributed by atoms with E-state index >= 15 is 0 Å². The molecule has 1 aliphatic heterocycles. The van der Waals surface area contributed by atoms with Gasteiger partial charge in [-0.15, -0.1) is 0 Å². The lowest BCUT2D eigenvalue weighted by Gasteiger charge is -2.48. The summed E-state index contributed by atoms with van der Waals surface area (Å²) in [6.07, 6.45) is 3.98. The van der Waals surface area contributed by atoms with Crippen LogP contribution in [0.15, 0.2) is 24.4 Å². The van der Waals surface area contributed by atoms with Crippen molar-refractivity contribution in [2.45, 2.75) is 45.2 Å². The Morgan fingerprint density at radius 1 is 1.33 bits per heavy atom. The van der Waals surface area contributed by atoms with Crippen molar-refractivity contribution in [2.24, 2.45) is 0 Å². The van der Waals surface area contributed by atoms with E-state index in [4.69, 9.17) is 4.74 Å². The second kappa shape index (κ2) is 7.87. The summed E-state index contributed by atoms with van der Waals surface area (Å²) in [4.78, 5) is 7.10. The Morgan fingerprint density at radius 2 is 2.10 bits per heavy atom. The van der Waals surface area contributed by atoms with Gasteiger partial charge in [0.25, 0.3) is 0 Å². The smallest absolute Gasteiger partial charge is 0.0594 e. The topological polar surface area (TPSA) is 37.4 Å². The van der Waals surface area contributed by atoms with Crippen LogP contribution in [0.5, 0.6) is 0 Å². The Labute approximate surface area is 128 Å². The zero-order valence-corrected chi connectivity index (χ0v) is 13.6. The first-order chi connectivity index (χ1) is 10.2. The van der Waals surface area contributed by atoms with E-state index in [1.165, 1.54) is 0 Å². The zero-order valence-electron chi connectivity index (χ0n) is 13.6. The summed E-state index contributed by atoms with van der Waals surface area (Å²) >= 11 is 0. The van der Waals surface area contributed by atoms with E-state index in [1.54, 1.807) is 0 Å². The fraction of sp³-hybridized carbons (Fsp3) is 0.706. The van der Waals surface area contributed by atoms with Crippen LogP contribution in [-0.4, -0.2) is 54.3 Å². The van der Waals surface area contributed by atoms with Crippen LogP contribution in [0.25, 0.3) is 0 Å². The number of likely N-dealkylation sites (N-methyl/N-ethyl adjacent to an activating group) is 1. The number of rotatable bonds is 7. The van der Waals surface area contributed by atoms with Crippen LogP contribution in [0.4, 0.5) is 0 Å². The van der Waals surface area contributed by atoms with Crippen LogP contribution in [-0.2, 0) is 11.2 Å². The number of ether oxygens (including phenoxy) is 1. The first-order valence-electron chi connectivity index (χ1n) is 8.16. The molecule has 1 aromatic rings. The fourth-order valence-electron chi connectivity index (χ4n) is 3.25. The van der Waals surface area contributed by atoms with E-state index in [0.717, 1.165) is 51.4 Å². The first-order valence-corrected chi connectivity index (χ1v) is 8.16. The quantitative estimate of drug-likeness (QED) is 0.835. The summed E-state index contributed by atoms with van der Waals surface area (Å²) in [7, 11) is 0. The molecular formula is C17H29N3O. The third-order valence-electron chi connectivity index (χ3n) is 4.79. The predicted octanol–water partition coefficient (Wildman–Crippen LogP) is 2.10. The molecule has 2 rings (SSSR count). The molecule has 0 spiro atoms. The second-order valence-electron chi connectivity index (χ2n) is 5.95. The maximum atomic E-state index is 5.52. The molecule has 0 radical (unpaired) electrons. The first kappa shape index (κ1) is 16.4. The molecule has 1 fully saturated rings. The van der Waals surface area contributed by atoms with Crippen LogP contribution in [0.3, 0.4) is 0 Å². The van der Waals surface area contributed by atoms with E-state index in [-0.39, 0.29) is 5.54 Å². The molecule has 0 aromatic carbocycles. The van der Waals surface area contributed by atoms with Crippen molar-refractivity contribution in [3.05, 3.63) is 30.1 Å². The summed E-state index contributed by atoms with van der Waals surface area (Å²) in [5, 5.41) is 3.70. The highest BCUT2D eigenvalue weighted by Gasteiger charge is 2.38. The molecular weight excluding hydrogens is 262 g/mol. The number of aromatic nitrogens is 1. The van der Waals surface area contributed by atoms with Gasteiger partial charge >= 0.3 is 0 Å². The minimum absolute atomic E-state index is 0.136. The monoisotopic (exact) mass is 291 g/mol. The van der Waals surface area contributed by atoms with E-state index < -0.39 is 0 Å². The highest BCUT2D eigenvalue weighted by molar-refractivity contribution is 5.09. The lowest BCUT2D eigenvalue weighted by atomic mass is 9.84. The Kier molecular flexibility index (Phi) is 6.15. The number of hydrogen-bond donors (Lipinski definition) is 1. The van der Waals surface area contributed by atoms with Gasteiger partial charge in [-0.3, -0.25) is 9.88 Å². The van der Waals surface area contributed by atoms with Crippen LogP contribution >= 0.6 is 0 Å². The van der Waals surface area contributed by atoms with Crippen molar-refractivity contribution in [2.75, 3.05) is 32.8 Å². The third-order valence-corrected chi connectivity index (χ3v) is 4.79. The molecule has 2 unspecified atom stereocenters. The van der Waals surface area contributed by atoms with Gasteiger partial charge in [0.2, 0.25) is 0 Å². The molecule has 1 N–H and O–H groups in total. The summed E-state index contributed by atoms with van der Waals surface area (Å²) in [5.74, 6) is 0. The van der Waals surface area contributed by atoms with Crippen LogP contribution in [0.1, 0.15) is 32.9 Å². The van der Waals surface area contributed by atoms with E-state index in [9.17, 15) is 0 Å². The van der Waals surface area contributed by atoms with Gasteiger partial charge in [0, 0.05) is 43.0 Å². The molecule has 2 atom stereocenters. The molecule has 1 aromatic heterocycles. The predicted molar refractivity (Wildman–Crippen MR) is 86.5 cm³/mol. The maximum Gasteiger partial charge on any atom is 0.0594 e. The standard InChI is InChI=1S/C17H29N3O/c1-4-17(3,20-10-12-21-13-11-20)16(18-5-2)14-15-8-6-7-9-19-15/h6-9,16,18H,4-5,10-14H2,1-3H3. The molecule has 118 valence electrons. The molecule has 0 bridgehead atoms. The van der Waals surface area contributed by atoms with Crippen molar-refractivity contribution in [1.29, 1.82) is 0 Å². The van der Waals surface area contributed by atoms with Gasteiger partial charge < -0.3 is 10.1 Å². The minimum atomic E-state index is 0.136. The fourth-order valence-corrected chi connectivity index (χ4v) is 3.25. The van der Waals surface area contributed by atoms with E-state index in [0.29, 0.717) is 6.04 Å². The van der Waals surface area contributed by atoms with E-state index in [2.05, 4.69) is 48.1 Å². The normalized spacial score (nSPS) is 20.9. The third kappa shape index (κ3) is 4.02. The number of nitrogens with one attached hydrogen (secondary N) is 1. The van der Waals surface area contributed by atoms with Gasteiger partial charge in [0.15, 0.2) is 0 Å². The average molecular weight is 291 g/mol. The Morgan fingerprint density at radius 3 is 2.67 bits per heavy atom. The molecule has 0 amide bonds. The molecule has 2 heterocycles. The van der Waals surface area contributed by atoms with Crippen LogP contribution < -0.4 is 5.32 Å². The average Bonchev–Trinajstić information content (AvgIpc) is 2.55. The van der Waals surface area contributed by atoms with Crippen molar-refractivity contribution in [3.8, 4) is 0 Å². The summed E-state index contributed by atoms with van der Waals surface area (Å²) in [6, 6.07) is 6.58. The lowest BCUT2D eigenvalue weighted by molar-refractivity contribution is -0.0321. The van der Waals surface area contributed by atoms with E-state index in [1.807, 2.05) is 12.3 Å². The van der Waals surface area contributed by atoms with Gasteiger partial charge in [-0.1, -0.05) is 19.9 Å². The highest BCUT2D eigenvalue weighted by Crippen LogP contribution is 2.27. The SMILES string of the molecule is CCNC(Cc1ccccn1)C(C)(CC)N1CCOCC1. The zero-order chi connectivity index (χ0) is 15.1. The van der Waals surface area contributed by atoms with Crippen molar-refractivity contribution in [1.82, 2.24) is 15.2 Å². The van der Waals surface area contributed by atoms with Crippen LogP contribution in [0.2, 0.25) is 0 Å². The molecule has 21 heavy (non-hydrogen) atoms. The van der Waals surface area contributed by atoms with Gasteiger partial charge in [0.1, 0.15) is 0 Å². The van der Waals surface area contributed by atoms with Crippen molar-refractivity contribution >= 4 is 0 Å². The Bertz CT molecular complexity index is 406. The molecule has 4 nitrogen and oxygen atoms in total. The molecule has 1 saturated heterocycles.